The lowest BCUT2D eigenvalue weighted by atomic mass is 9.97. The predicted octanol–water partition coefficient (Wildman–Crippen LogP) is 4.67. The molecule has 0 saturated heterocycles. The molecule has 0 saturated carbocycles. The van der Waals surface area contributed by atoms with Gasteiger partial charge in [-0.2, -0.15) is 4.57 Å². The molecule has 0 fully saturated rings. The molecule has 2 heterocycles. The van der Waals surface area contributed by atoms with Crippen LogP contribution in [-0.2, 0) is 13.5 Å². The predicted molar refractivity (Wildman–Crippen MR) is 106 cm³/mol. The van der Waals surface area contributed by atoms with Crippen molar-refractivity contribution >= 4 is 17.1 Å². The van der Waals surface area contributed by atoms with Crippen LogP contribution in [0.25, 0.3) is 22.2 Å². The van der Waals surface area contributed by atoms with Crippen LogP contribution in [0.15, 0.2) is 78.1 Å². The molecule has 1 aliphatic rings. The topological polar surface area (TPSA) is 25.5 Å². The average Bonchev–Trinajstić information content (AvgIpc) is 2.73. The van der Waals surface area contributed by atoms with Crippen molar-refractivity contribution in [3.05, 3.63) is 84.3 Å². The van der Waals surface area contributed by atoms with Gasteiger partial charge in [0.1, 0.15) is 12.8 Å². The molecule has 2 aromatic carbocycles. The molecular weight excluding hydrogens is 320 g/mol. The Hall–Kier alpha value is -3.20. The Balaban J connectivity index is 1.99. The molecular formula is C23H21N2O+. The summed E-state index contributed by atoms with van der Waals surface area (Å²) >= 11 is 0. The van der Waals surface area contributed by atoms with Gasteiger partial charge in [-0.05, 0) is 49.3 Å². The number of benzene rings is 2. The van der Waals surface area contributed by atoms with E-state index in [4.69, 9.17) is 4.74 Å². The highest BCUT2D eigenvalue weighted by atomic mass is 16.5. The molecule has 128 valence electrons. The number of fused-ring (bicyclic) bond motifs is 2. The average molecular weight is 341 g/mol. The largest absolute Gasteiger partial charge is 0.438 e. The fourth-order valence-corrected chi connectivity index (χ4v) is 3.44. The molecule has 26 heavy (non-hydrogen) atoms. The Bertz CT molecular complexity index is 1080. The third kappa shape index (κ3) is 2.82. The summed E-state index contributed by atoms with van der Waals surface area (Å²) in [6, 6.07) is 17.0. The van der Waals surface area contributed by atoms with E-state index < -0.39 is 0 Å². The summed E-state index contributed by atoms with van der Waals surface area (Å²) in [5.74, 6) is 1.23. The van der Waals surface area contributed by atoms with E-state index in [1.54, 1.807) is 6.21 Å². The molecule has 3 nitrogen and oxygen atoms in total. The fourth-order valence-electron chi connectivity index (χ4n) is 3.44. The third-order valence-electron chi connectivity index (χ3n) is 4.78. The number of rotatable bonds is 1. The third-order valence-corrected chi connectivity index (χ3v) is 4.78. The van der Waals surface area contributed by atoms with Crippen molar-refractivity contribution in [1.29, 1.82) is 0 Å². The van der Waals surface area contributed by atoms with Gasteiger partial charge in [0.05, 0.1) is 5.56 Å². The molecule has 0 N–H and O–H groups in total. The van der Waals surface area contributed by atoms with Gasteiger partial charge in [0, 0.05) is 23.7 Å². The van der Waals surface area contributed by atoms with Crippen molar-refractivity contribution in [3.63, 3.8) is 0 Å². The van der Waals surface area contributed by atoms with Crippen LogP contribution in [0.2, 0.25) is 0 Å². The summed E-state index contributed by atoms with van der Waals surface area (Å²) in [6.45, 7) is 6.05. The molecule has 0 unspecified atom stereocenters. The fraction of sp³-hybridized carbons (Fsp3) is 0.130. The first-order valence-electron chi connectivity index (χ1n) is 8.72. The summed E-state index contributed by atoms with van der Waals surface area (Å²) in [6.07, 6.45) is 6.53. The molecule has 4 rings (SSSR count). The van der Waals surface area contributed by atoms with E-state index in [2.05, 4.69) is 84.7 Å². The van der Waals surface area contributed by atoms with Gasteiger partial charge >= 0.3 is 0 Å². The van der Waals surface area contributed by atoms with E-state index in [-0.39, 0.29) is 0 Å². The van der Waals surface area contributed by atoms with E-state index >= 15 is 0 Å². The van der Waals surface area contributed by atoms with Gasteiger partial charge in [0.25, 0.3) is 0 Å². The zero-order valence-electron chi connectivity index (χ0n) is 15.1. The summed E-state index contributed by atoms with van der Waals surface area (Å²) in [5, 5.41) is 1.21. The van der Waals surface area contributed by atoms with Crippen LogP contribution < -0.4 is 9.30 Å². The van der Waals surface area contributed by atoms with Gasteiger partial charge < -0.3 is 4.74 Å². The van der Waals surface area contributed by atoms with Crippen LogP contribution in [0.1, 0.15) is 11.1 Å². The standard InChI is InChI=1S/C23H21N2O/c1-16-11-12-19-9-6-7-15-24-17(2)26-23(19)22(16)21-14-13-18-8-4-5-10-20(18)25(21)3/h4-8,10-15H,2,9H2,1,3H3/q+1/b7-6-,24-15?. The maximum absolute atomic E-state index is 6.10. The number of aromatic nitrogens is 1. The SMILES string of the molecule is C=C1N=C/C=C\Cc2ccc(C)c(-c3ccc4ccccc4[n+]3C)c2O1. The van der Waals surface area contributed by atoms with Crippen molar-refractivity contribution in [2.75, 3.05) is 0 Å². The summed E-state index contributed by atoms with van der Waals surface area (Å²) < 4.78 is 8.32. The van der Waals surface area contributed by atoms with Crippen LogP contribution in [0.3, 0.4) is 0 Å². The molecule has 0 bridgehead atoms. The Labute approximate surface area is 153 Å². The van der Waals surface area contributed by atoms with Crippen molar-refractivity contribution in [1.82, 2.24) is 0 Å². The van der Waals surface area contributed by atoms with Crippen LogP contribution >= 0.6 is 0 Å². The van der Waals surface area contributed by atoms with Gasteiger partial charge in [-0.3, -0.25) is 0 Å². The number of para-hydroxylation sites is 1. The lowest BCUT2D eigenvalue weighted by Crippen LogP contribution is -2.32. The van der Waals surface area contributed by atoms with Crippen LogP contribution in [-0.4, -0.2) is 6.21 Å². The quantitative estimate of drug-likeness (QED) is 0.590. The maximum atomic E-state index is 6.10. The molecule has 1 aromatic heterocycles. The first-order chi connectivity index (χ1) is 12.6. The van der Waals surface area contributed by atoms with Gasteiger partial charge in [0.15, 0.2) is 0 Å². The number of hydrogen-bond donors (Lipinski definition) is 0. The van der Waals surface area contributed by atoms with Crippen molar-refractivity contribution in [2.24, 2.45) is 12.0 Å². The zero-order chi connectivity index (χ0) is 18.1. The minimum absolute atomic E-state index is 0.396. The molecule has 3 heteroatoms. The van der Waals surface area contributed by atoms with Crippen LogP contribution in [0.5, 0.6) is 5.75 Å². The van der Waals surface area contributed by atoms with Crippen LogP contribution in [0.4, 0.5) is 0 Å². The second kappa shape index (κ2) is 6.60. The normalized spacial score (nSPS) is 14.9. The van der Waals surface area contributed by atoms with Crippen molar-refractivity contribution in [2.45, 2.75) is 13.3 Å². The number of aliphatic imine (C=N–C) groups is 1. The van der Waals surface area contributed by atoms with E-state index in [0.717, 1.165) is 34.6 Å². The highest BCUT2D eigenvalue weighted by molar-refractivity contribution is 5.80. The smallest absolute Gasteiger partial charge is 0.216 e. The highest BCUT2D eigenvalue weighted by Crippen LogP contribution is 2.37. The number of pyridine rings is 1. The van der Waals surface area contributed by atoms with E-state index in [9.17, 15) is 0 Å². The summed E-state index contributed by atoms with van der Waals surface area (Å²) in [5.41, 5.74) is 5.67. The maximum Gasteiger partial charge on any atom is 0.216 e. The van der Waals surface area contributed by atoms with E-state index in [0.29, 0.717) is 5.88 Å². The van der Waals surface area contributed by atoms with Crippen molar-refractivity contribution in [3.8, 4) is 17.0 Å². The van der Waals surface area contributed by atoms with E-state index in [1.165, 1.54) is 10.9 Å². The highest BCUT2D eigenvalue weighted by Gasteiger charge is 2.23. The first kappa shape index (κ1) is 16.3. The molecule has 0 amide bonds. The lowest BCUT2D eigenvalue weighted by molar-refractivity contribution is -0.633. The first-order valence-corrected chi connectivity index (χ1v) is 8.72. The number of aryl methyl sites for hydroxylation is 2. The molecule has 0 spiro atoms. The molecule has 1 aliphatic heterocycles. The zero-order valence-corrected chi connectivity index (χ0v) is 15.1. The summed E-state index contributed by atoms with van der Waals surface area (Å²) in [4.78, 5) is 4.24. The van der Waals surface area contributed by atoms with Gasteiger partial charge in [0.2, 0.25) is 17.1 Å². The number of nitrogens with zero attached hydrogens (tertiary/aromatic N) is 2. The number of hydrogen-bond acceptors (Lipinski definition) is 2. The lowest BCUT2D eigenvalue weighted by Gasteiger charge is -2.16. The Morgan fingerprint density at radius 3 is 2.81 bits per heavy atom. The minimum Gasteiger partial charge on any atom is -0.438 e. The Morgan fingerprint density at radius 1 is 1.08 bits per heavy atom. The van der Waals surface area contributed by atoms with E-state index in [1.807, 2.05) is 6.08 Å². The van der Waals surface area contributed by atoms with Crippen LogP contribution in [0, 0.1) is 6.92 Å². The number of ether oxygens (including phenoxy) is 1. The van der Waals surface area contributed by atoms with Gasteiger partial charge in [-0.15, -0.1) is 0 Å². The molecule has 0 radical (unpaired) electrons. The minimum atomic E-state index is 0.396. The molecule has 0 aliphatic carbocycles. The second-order valence-electron chi connectivity index (χ2n) is 6.49. The molecule has 3 aromatic rings. The number of allylic oxidation sites excluding steroid dienone is 2. The summed E-state index contributed by atoms with van der Waals surface area (Å²) in [7, 11) is 2.10. The van der Waals surface area contributed by atoms with Gasteiger partial charge in [-0.25, -0.2) is 4.99 Å². The monoisotopic (exact) mass is 341 g/mol. The Kier molecular flexibility index (Phi) is 4.13. The Morgan fingerprint density at radius 2 is 1.92 bits per heavy atom. The van der Waals surface area contributed by atoms with Crippen molar-refractivity contribution < 1.29 is 9.30 Å². The molecule has 0 atom stereocenters. The second-order valence-corrected chi connectivity index (χ2v) is 6.49. The van der Waals surface area contributed by atoms with Gasteiger partial charge in [-0.1, -0.05) is 30.3 Å².